The van der Waals surface area contributed by atoms with E-state index in [0.29, 0.717) is 16.1 Å². The number of benzene rings is 2. The molecule has 6 atom stereocenters. The third-order valence-electron chi connectivity index (χ3n) is 8.33. The van der Waals surface area contributed by atoms with Gasteiger partial charge in [0.15, 0.2) is 0 Å². The second-order valence-electron chi connectivity index (χ2n) is 10.3. The summed E-state index contributed by atoms with van der Waals surface area (Å²) in [4.78, 5) is 56.5. The lowest BCUT2D eigenvalue weighted by Crippen LogP contribution is -2.50. The van der Waals surface area contributed by atoms with E-state index in [0.717, 1.165) is 9.80 Å². The van der Waals surface area contributed by atoms with Crippen LogP contribution in [0, 0.1) is 35.5 Å². The van der Waals surface area contributed by atoms with Crippen LogP contribution in [-0.4, -0.2) is 44.0 Å². The Balaban J connectivity index is 1.10. The van der Waals surface area contributed by atoms with Crippen molar-refractivity contribution in [3.8, 4) is 22.9 Å². The summed E-state index contributed by atoms with van der Waals surface area (Å²) in [6.07, 6.45) is 3.51. The maximum atomic E-state index is 13.7. The van der Waals surface area contributed by atoms with Crippen LogP contribution in [0.25, 0.3) is 22.9 Å². The number of halogens is 1. The Labute approximate surface area is 235 Å². The highest BCUT2D eigenvalue weighted by molar-refractivity contribution is 6.30. The van der Waals surface area contributed by atoms with Crippen LogP contribution in [0.2, 0.25) is 5.02 Å². The van der Waals surface area contributed by atoms with Gasteiger partial charge in [0.1, 0.15) is 0 Å². The number of hydrogen-bond donors (Lipinski definition) is 0. The van der Waals surface area contributed by atoms with Gasteiger partial charge in [-0.05, 0) is 36.4 Å². The molecule has 41 heavy (non-hydrogen) atoms. The molecule has 0 spiro atoms. The quantitative estimate of drug-likeness (QED) is 0.265. The number of carbonyl (C=O) groups excluding carboxylic acids is 4. The second-order valence-corrected chi connectivity index (χ2v) is 10.8. The molecule has 202 valence electrons. The van der Waals surface area contributed by atoms with Crippen LogP contribution in [-0.2, 0) is 19.2 Å². The van der Waals surface area contributed by atoms with Gasteiger partial charge in [-0.15, -0.1) is 10.2 Å². The number of amides is 4. The maximum absolute atomic E-state index is 13.7. The highest BCUT2D eigenvalue weighted by atomic mass is 35.5. The van der Waals surface area contributed by atoms with Crippen molar-refractivity contribution in [2.45, 2.75) is 0 Å². The van der Waals surface area contributed by atoms with Crippen LogP contribution in [0.1, 0.15) is 0 Å². The predicted octanol–water partition coefficient (Wildman–Crippen LogP) is 3.17. The van der Waals surface area contributed by atoms with Gasteiger partial charge >= 0.3 is 12.0 Å². The summed E-state index contributed by atoms with van der Waals surface area (Å²) in [6.45, 7) is 0. The van der Waals surface area contributed by atoms with Gasteiger partial charge < -0.3 is 8.83 Å². The molecule has 2 aliphatic heterocycles. The van der Waals surface area contributed by atoms with Crippen molar-refractivity contribution in [3.63, 3.8) is 0 Å². The highest BCUT2D eigenvalue weighted by Crippen LogP contribution is 2.58. The van der Waals surface area contributed by atoms with Gasteiger partial charge in [0.05, 0.1) is 23.7 Å². The zero-order chi connectivity index (χ0) is 28.0. The second kappa shape index (κ2) is 8.51. The van der Waals surface area contributed by atoms with E-state index in [2.05, 4.69) is 20.4 Å². The first-order valence-corrected chi connectivity index (χ1v) is 13.2. The lowest BCUT2D eigenvalue weighted by Gasteiger charge is -2.44. The molecule has 0 radical (unpaired) electrons. The molecule has 13 heteroatoms. The van der Waals surface area contributed by atoms with E-state index in [1.54, 1.807) is 60.7 Å². The average Bonchev–Trinajstić information content (AvgIpc) is 3.77. The van der Waals surface area contributed by atoms with Crippen molar-refractivity contribution in [1.29, 1.82) is 0 Å². The molecule has 0 N–H and O–H groups in total. The number of carbonyl (C=O) groups is 4. The van der Waals surface area contributed by atoms with E-state index in [4.69, 9.17) is 20.4 Å². The van der Waals surface area contributed by atoms with E-state index in [1.807, 2.05) is 6.07 Å². The molecule has 2 bridgehead atoms. The molecule has 3 aliphatic carbocycles. The van der Waals surface area contributed by atoms with Crippen molar-refractivity contribution in [2.24, 2.45) is 35.5 Å². The predicted molar refractivity (Wildman–Crippen MR) is 140 cm³/mol. The van der Waals surface area contributed by atoms with Crippen LogP contribution < -0.4 is 9.80 Å². The van der Waals surface area contributed by atoms with Gasteiger partial charge in [-0.2, -0.15) is 9.80 Å². The van der Waals surface area contributed by atoms with Crippen molar-refractivity contribution in [3.05, 3.63) is 71.8 Å². The summed E-state index contributed by atoms with van der Waals surface area (Å²) < 4.78 is 11.4. The van der Waals surface area contributed by atoms with Crippen LogP contribution in [0.5, 0.6) is 0 Å². The minimum Gasteiger partial charge on any atom is -0.403 e. The molecular formula is C28H17ClN6O6. The van der Waals surface area contributed by atoms with Gasteiger partial charge in [0.25, 0.3) is 0 Å². The van der Waals surface area contributed by atoms with E-state index in [-0.39, 0.29) is 23.8 Å². The Hall–Kier alpha value is -4.97. The summed E-state index contributed by atoms with van der Waals surface area (Å²) >= 11 is 5.95. The van der Waals surface area contributed by atoms with Crippen LogP contribution in [0.4, 0.5) is 12.0 Å². The van der Waals surface area contributed by atoms with Crippen molar-refractivity contribution in [1.82, 2.24) is 20.4 Å². The van der Waals surface area contributed by atoms with Crippen molar-refractivity contribution >= 4 is 47.3 Å². The standard InChI is InChI=1S/C28H17ClN6O6/c29-14-8-6-13(7-9-14)22-31-33-28(41-22)35-25(38)19-15-10-11-16(20(19)26(35)39)18-17(15)23(36)34(24(18)37)27-32-30-21(40-27)12-4-2-1-3-5-12/h1-11,15-20H. The first kappa shape index (κ1) is 23.9. The molecule has 2 aromatic heterocycles. The van der Waals surface area contributed by atoms with Gasteiger partial charge in [0.2, 0.25) is 35.4 Å². The number of imide groups is 2. The first-order chi connectivity index (χ1) is 19.9. The van der Waals surface area contributed by atoms with Crippen LogP contribution in [0.3, 0.4) is 0 Å². The van der Waals surface area contributed by atoms with Crippen LogP contribution >= 0.6 is 11.6 Å². The van der Waals surface area contributed by atoms with Crippen molar-refractivity contribution < 1.29 is 28.0 Å². The normalized spacial score (nSPS) is 28.1. The summed E-state index contributed by atoms with van der Waals surface area (Å²) in [5.41, 5.74) is 1.20. The zero-order valence-electron chi connectivity index (χ0n) is 20.8. The minimum atomic E-state index is -0.858. The fourth-order valence-electron chi connectivity index (χ4n) is 6.62. The topological polar surface area (TPSA) is 153 Å². The van der Waals surface area contributed by atoms with E-state index in [9.17, 15) is 19.2 Å². The SMILES string of the molecule is O=C1C2C3C=CC(C2C(=O)N1c1nnc(-c2ccccc2)o1)C1C(=O)N(c2nnc(-c4ccc(Cl)cc4)o2)C(=O)C31. The summed E-state index contributed by atoms with van der Waals surface area (Å²) in [5, 5.41) is 16.4. The van der Waals surface area contributed by atoms with Gasteiger partial charge in [-0.1, -0.05) is 52.1 Å². The first-order valence-electron chi connectivity index (χ1n) is 12.8. The molecule has 2 aromatic carbocycles. The lowest BCUT2D eigenvalue weighted by molar-refractivity contribution is -0.137. The Morgan fingerprint density at radius 1 is 0.561 bits per heavy atom. The Bertz CT molecular complexity index is 1750. The molecule has 4 amide bonds. The Morgan fingerprint density at radius 2 is 0.976 bits per heavy atom. The molecule has 4 heterocycles. The number of rotatable bonds is 4. The molecular weight excluding hydrogens is 552 g/mol. The number of allylic oxidation sites excluding steroid dienone is 2. The summed E-state index contributed by atoms with van der Waals surface area (Å²) in [6, 6.07) is 15.1. The van der Waals surface area contributed by atoms with Gasteiger partial charge in [-0.3, -0.25) is 19.2 Å². The number of hydrogen-bond acceptors (Lipinski definition) is 10. The van der Waals surface area contributed by atoms with Gasteiger partial charge in [0, 0.05) is 28.0 Å². The maximum Gasteiger partial charge on any atom is 0.332 e. The fraction of sp³-hybridized carbons (Fsp3) is 0.214. The Morgan fingerprint density at radius 3 is 1.41 bits per heavy atom. The van der Waals surface area contributed by atoms with Gasteiger partial charge in [-0.25, -0.2) is 0 Å². The van der Waals surface area contributed by atoms with Crippen LogP contribution in [0.15, 0.2) is 75.6 Å². The molecule has 9 rings (SSSR count). The minimum absolute atomic E-state index is 0.112. The smallest absolute Gasteiger partial charge is 0.332 e. The van der Waals surface area contributed by atoms with Crippen molar-refractivity contribution in [2.75, 3.05) is 9.80 Å². The summed E-state index contributed by atoms with van der Waals surface area (Å²) in [7, 11) is 0. The lowest BCUT2D eigenvalue weighted by atomic mass is 9.54. The molecule has 3 fully saturated rings. The molecule has 6 unspecified atom stereocenters. The molecule has 1 saturated carbocycles. The zero-order valence-corrected chi connectivity index (χ0v) is 21.6. The fourth-order valence-corrected chi connectivity index (χ4v) is 6.75. The highest BCUT2D eigenvalue weighted by Gasteiger charge is 2.70. The van der Waals surface area contributed by atoms with E-state index < -0.39 is 59.1 Å². The molecule has 5 aliphatic rings. The average molecular weight is 569 g/mol. The molecule has 4 aromatic rings. The molecule has 12 nitrogen and oxygen atoms in total. The van der Waals surface area contributed by atoms with E-state index in [1.165, 1.54) is 0 Å². The third kappa shape index (κ3) is 3.27. The monoisotopic (exact) mass is 568 g/mol. The number of aromatic nitrogens is 4. The van der Waals surface area contributed by atoms with E-state index >= 15 is 0 Å². The Kier molecular flexibility index (Phi) is 4.96. The largest absolute Gasteiger partial charge is 0.403 e. The molecule has 2 saturated heterocycles. The number of nitrogens with zero attached hydrogens (tertiary/aromatic N) is 6. The number of anilines is 2. The third-order valence-corrected chi connectivity index (χ3v) is 8.59. The summed E-state index contributed by atoms with van der Waals surface area (Å²) in [5.74, 6) is -6.70.